The first-order valence-electron chi connectivity index (χ1n) is 3.91. The van der Waals surface area contributed by atoms with E-state index in [9.17, 15) is 0 Å². The largest absolute Gasteiger partial charge is 0.306 e. The van der Waals surface area contributed by atoms with E-state index in [1.807, 2.05) is 0 Å². The van der Waals surface area contributed by atoms with E-state index in [4.69, 9.17) is 0 Å². The summed E-state index contributed by atoms with van der Waals surface area (Å²) in [5.41, 5.74) is 0.800. The van der Waals surface area contributed by atoms with Crippen molar-refractivity contribution in [3.8, 4) is 0 Å². The van der Waals surface area contributed by atoms with E-state index >= 15 is 0 Å². The van der Waals surface area contributed by atoms with Gasteiger partial charge in [0.1, 0.15) is 0 Å². The third kappa shape index (κ3) is 0.710. The van der Waals surface area contributed by atoms with Crippen LogP contribution in [0.1, 0.15) is 19.8 Å². The molecule has 9 heavy (non-hydrogen) atoms. The molecule has 2 atom stereocenters. The van der Waals surface area contributed by atoms with Crippen molar-refractivity contribution in [1.82, 2.24) is 4.90 Å². The summed E-state index contributed by atoms with van der Waals surface area (Å²) in [6.07, 6.45) is 2.96. The van der Waals surface area contributed by atoms with Gasteiger partial charge >= 0.3 is 0 Å². The lowest BCUT2D eigenvalue weighted by atomic mass is 10.0. The maximum Gasteiger partial charge on any atom is 0.00381 e. The minimum absolute atomic E-state index is 0.800. The van der Waals surface area contributed by atoms with E-state index in [0.717, 1.165) is 11.3 Å². The average molecular weight is 125 g/mol. The van der Waals surface area contributed by atoms with Gasteiger partial charge in [0.2, 0.25) is 0 Å². The van der Waals surface area contributed by atoms with Gasteiger partial charge in [0.15, 0.2) is 0 Å². The molecule has 2 fully saturated rings. The van der Waals surface area contributed by atoms with Gasteiger partial charge in [-0.05, 0) is 37.8 Å². The van der Waals surface area contributed by atoms with E-state index in [1.54, 1.807) is 0 Å². The van der Waals surface area contributed by atoms with Gasteiger partial charge in [0.05, 0.1) is 0 Å². The first-order chi connectivity index (χ1) is 4.23. The number of hydrogen-bond donors (Lipinski definition) is 0. The van der Waals surface area contributed by atoms with E-state index in [-0.39, 0.29) is 0 Å². The van der Waals surface area contributed by atoms with Crippen LogP contribution in [0.2, 0.25) is 0 Å². The lowest BCUT2D eigenvalue weighted by Gasteiger charge is -2.07. The van der Waals surface area contributed by atoms with E-state index in [0.29, 0.717) is 0 Å². The molecule has 1 saturated heterocycles. The van der Waals surface area contributed by atoms with Crippen LogP contribution in [0.25, 0.3) is 0 Å². The molecule has 1 spiro atoms. The topological polar surface area (TPSA) is 3.24 Å². The number of nitrogens with zero attached hydrogens (tertiary/aromatic N) is 1. The van der Waals surface area contributed by atoms with Crippen LogP contribution in [0.15, 0.2) is 0 Å². The third-order valence-electron chi connectivity index (χ3n) is 3.17. The van der Waals surface area contributed by atoms with Crippen LogP contribution in [0.4, 0.5) is 0 Å². The molecule has 0 radical (unpaired) electrons. The van der Waals surface area contributed by atoms with E-state index in [2.05, 4.69) is 18.9 Å². The number of hydrogen-bond acceptors (Lipinski definition) is 1. The lowest BCUT2D eigenvalue weighted by Crippen LogP contribution is -2.14. The van der Waals surface area contributed by atoms with Gasteiger partial charge < -0.3 is 4.90 Å². The van der Waals surface area contributed by atoms with Gasteiger partial charge in [-0.2, -0.15) is 0 Å². The first-order valence-corrected chi connectivity index (χ1v) is 3.91. The highest BCUT2D eigenvalue weighted by molar-refractivity contribution is 5.04. The molecule has 2 aliphatic rings. The highest BCUT2D eigenvalue weighted by Crippen LogP contribution is 2.57. The molecule has 0 aromatic carbocycles. The van der Waals surface area contributed by atoms with Crippen LogP contribution in [-0.2, 0) is 0 Å². The second-order valence-electron chi connectivity index (χ2n) is 3.96. The van der Waals surface area contributed by atoms with E-state index in [1.165, 1.54) is 25.9 Å². The Labute approximate surface area is 57.0 Å². The van der Waals surface area contributed by atoms with Gasteiger partial charge in [0.25, 0.3) is 0 Å². The summed E-state index contributed by atoms with van der Waals surface area (Å²) in [6.45, 7) is 5.09. The van der Waals surface area contributed by atoms with Crippen LogP contribution in [-0.4, -0.2) is 25.0 Å². The summed E-state index contributed by atoms with van der Waals surface area (Å²) in [4.78, 5) is 2.46. The molecule has 1 heterocycles. The summed E-state index contributed by atoms with van der Waals surface area (Å²) in [7, 11) is 2.24. The zero-order valence-electron chi connectivity index (χ0n) is 6.35. The minimum Gasteiger partial charge on any atom is -0.306 e. The monoisotopic (exact) mass is 125 g/mol. The van der Waals surface area contributed by atoms with Gasteiger partial charge in [-0.3, -0.25) is 0 Å². The maximum atomic E-state index is 2.46. The standard InChI is InChI=1S/C8H15N/c1-7-5-8(7)3-4-9(2)6-8/h7H,3-6H2,1-2H3/t7-,8+/m1/s1. The van der Waals surface area contributed by atoms with Crippen molar-refractivity contribution in [3.05, 3.63) is 0 Å². The van der Waals surface area contributed by atoms with Crippen LogP contribution < -0.4 is 0 Å². The zero-order chi connectivity index (χ0) is 6.48. The van der Waals surface area contributed by atoms with Crippen molar-refractivity contribution in [2.24, 2.45) is 11.3 Å². The van der Waals surface area contributed by atoms with Crippen molar-refractivity contribution < 1.29 is 0 Å². The summed E-state index contributed by atoms with van der Waals surface area (Å²) < 4.78 is 0. The fourth-order valence-corrected chi connectivity index (χ4v) is 2.23. The highest BCUT2D eigenvalue weighted by atomic mass is 15.1. The minimum atomic E-state index is 0.800. The molecule has 1 nitrogen and oxygen atoms in total. The fraction of sp³-hybridized carbons (Fsp3) is 1.00. The summed E-state index contributed by atoms with van der Waals surface area (Å²) in [5.74, 6) is 1.03. The second kappa shape index (κ2) is 1.51. The molecule has 0 bridgehead atoms. The smallest absolute Gasteiger partial charge is 0.00381 e. The van der Waals surface area contributed by atoms with Crippen molar-refractivity contribution in [2.75, 3.05) is 20.1 Å². The molecular weight excluding hydrogens is 110 g/mol. The predicted molar refractivity (Wildman–Crippen MR) is 38.3 cm³/mol. The van der Waals surface area contributed by atoms with Gasteiger partial charge in [-0.25, -0.2) is 0 Å². The zero-order valence-corrected chi connectivity index (χ0v) is 6.35. The Morgan fingerprint density at radius 1 is 1.56 bits per heavy atom. The van der Waals surface area contributed by atoms with E-state index < -0.39 is 0 Å². The van der Waals surface area contributed by atoms with Gasteiger partial charge in [0, 0.05) is 6.54 Å². The van der Waals surface area contributed by atoms with Crippen molar-refractivity contribution in [1.29, 1.82) is 0 Å². The molecule has 0 amide bonds. The molecule has 1 heteroatoms. The Kier molecular flexibility index (Phi) is 0.963. The Morgan fingerprint density at radius 2 is 2.22 bits per heavy atom. The summed E-state index contributed by atoms with van der Waals surface area (Å²) >= 11 is 0. The normalized spacial score (nSPS) is 50.7. The molecule has 0 unspecified atom stereocenters. The van der Waals surface area contributed by atoms with Crippen LogP contribution in [0, 0.1) is 11.3 Å². The molecule has 1 aliphatic heterocycles. The number of rotatable bonds is 0. The Bertz CT molecular complexity index is 131. The lowest BCUT2D eigenvalue weighted by molar-refractivity contribution is 0.379. The molecule has 1 saturated carbocycles. The molecule has 52 valence electrons. The molecule has 1 aliphatic carbocycles. The SMILES string of the molecule is C[C@@H]1C[C@]12CCN(C)C2. The van der Waals surface area contributed by atoms with Crippen LogP contribution in [0.3, 0.4) is 0 Å². The molecule has 0 aromatic rings. The maximum absolute atomic E-state index is 2.46. The average Bonchev–Trinajstić information content (AvgIpc) is 2.17. The van der Waals surface area contributed by atoms with Crippen LogP contribution in [0.5, 0.6) is 0 Å². The second-order valence-corrected chi connectivity index (χ2v) is 3.96. The first kappa shape index (κ1) is 5.72. The predicted octanol–water partition coefficient (Wildman–Crippen LogP) is 1.35. The number of likely N-dealkylation sites (tertiary alicyclic amines) is 1. The molecule has 0 aromatic heterocycles. The quantitative estimate of drug-likeness (QED) is 0.472. The Morgan fingerprint density at radius 3 is 2.44 bits per heavy atom. The van der Waals surface area contributed by atoms with Gasteiger partial charge in [-0.15, -0.1) is 0 Å². The molecule has 0 N–H and O–H groups in total. The fourth-order valence-electron chi connectivity index (χ4n) is 2.23. The van der Waals surface area contributed by atoms with Crippen molar-refractivity contribution >= 4 is 0 Å². The Hall–Kier alpha value is -0.0400. The van der Waals surface area contributed by atoms with Crippen molar-refractivity contribution in [2.45, 2.75) is 19.8 Å². The highest BCUT2D eigenvalue weighted by Gasteiger charge is 2.53. The Balaban J connectivity index is 2.03. The third-order valence-corrected chi connectivity index (χ3v) is 3.17. The summed E-state index contributed by atoms with van der Waals surface area (Å²) in [5, 5.41) is 0. The molecular formula is C8H15N. The van der Waals surface area contributed by atoms with Crippen molar-refractivity contribution in [3.63, 3.8) is 0 Å². The van der Waals surface area contributed by atoms with Gasteiger partial charge in [-0.1, -0.05) is 6.92 Å². The van der Waals surface area contributed by atoms with Crippen LogP contribution >= 0.6 is 0 Å². The summed E-state index contributed by atoms with van der Waals surface area (Å²) in [6, 6.07) is 0. The molecule has 2 rings (SSSR count).